The van der Waals surface area contributed by atoms with E-state index in [2.05, 4.69) is 4.98 Å². The maximum Gasteiger partial charge on any atom is 0.359 e. The Morgan fingerprint density at radius 3 is 2.32 bits per heavy atom. The first-order valence-electron chi connectivity index (χ1n) is 10.5. The van der Waals surface area contributed by atoms with Gasteiger partial charge in [-0.1, -0.05) is 12.1 Å². The molecule has 0 atom stereocenters. The summed E-state index contributed by atoms with van der Waals surface area (Å²) in [6.45, 7) is 3.46. The predicted molar refractivity (Wildman–Crippen MR) is 121 cm³/mol. The Morgan fingerprint density at radius 2 is 1.65 bits per heavy atom. The van der Waals surface area contributed by atoms with Gasteiger partial charge in [0.1, 0.15) is 11.3 Å². The van der Waals surface area contributed by atoms with Crippen LogP contribution in [0.15, 0.2) is 59.0 Å². The fourth-order valence-corrected chi connectivity index (χ4v) is 3.34. The van der Waals surface area contributed by atoms with Gasteiger partial charge >= 0.3 is 11.9 Å². The molecule has 10 heteroatoms. The van der Waals surface area contributed by atoms with Crippen LogP contribution < -0.4 is 4.74 Å². The molecule has 10 nitrogen and oxygen atoms in total. The van der Waals surface area contributed by atoms with Crippen LogP contribution in [0.2, 0.25) is 0 Å². The highest BCUT2D eigenvalue weighted by molar-refractivity contribution is 5.98. The van der Waals surface area contributed by atoms with Crippen LogP contribution in [0.5, 0.6) is 5.75 Å². The van der Waals surface area contributed by atoms with Crippen LogP contribution in [-0.4, -0.2) is 41.2 Å². The lowest BCUT2D eigenvalue weighted by Crippen LogP contribution is -2.38. The Bertz CT molecular complexity index is 1380. The Morgan fingerprint density at radius 1 is 0.971 bits per heavy atom. The van der Waals surface area contributed by atoms with Crippen molar-refractivity contribution in [2.24, 2.45) is 0 Å². The average Bonchev–Trinajstić information content (AvgIpc) is 3.26. The molecule has 0 aliphatic carbocycles. The molecule has 0 N–H and O–H groups in total. The van der Waals surface area contributed by atoms with Gasteiger partial charge in [-0.2, -0.15) is 0 Å². The molecule has 0 bridgehead atoms. The minimum absolute atomic E-state index is 0.0785. The maximum atomic E-state index is 12.2. The van der Waals surface area contributed by atoms with Crippen LogP contribution in [0.25, 0.3) is 33.3 Å². The molecule has 0 aliphatic heterocycles. The molecule has 1 heterocycles. The Labute approximate surface area is 193 Å². The van der Waals surface area contributed by atoms with Crippen LogP contribution in [0.4, 0.5) is 5.69 Å². The first-order chi connectivity index (χ1) is 16.4. The fourth-order valence-electron chi connectivity index (χ4n) is 3.34. The van der Waals surface area contributed by atoms with E-state index in [0.29, 0.717) is 28.3 Å². The van der Waals surface area contributed by atoms with E-state index in [1.165, 1.54) is 18.2 Å². The monoisotopic (exact) mass is 464 g/mol. The first kappa shape index (κ1) is 22.7. The molecule has 1 aromatic heterocycles. The van der Waals surface area contributed by atoms with Gasteiger partial charge < -0.3 is 18.6 Å². The number of esters is 2. The summed E-state index contributed by atoms with van der Waals surface area (Å²) < 4.78 is 21.2. The number of hydrogen-bond acceptors (Lipinski definition) is 9. The summed E-state index contributed by atoms with van der Waals surface area (Å²) in [5, 5.41) is 12.6. The molecule has 0 spiro atoms. The lowest BCUT2D eigenvalue weighted by Gasteiger charge is -2.16. The minimum atomic E-state index is -1.53. The lowest BCUT2D eigenvalue weighted by molar-refractivity contribution is -0.384. The van der Waals surface area contributed by atoms with Crippen molar-refractivity contribution < 1.29 is 33.1 Å². The number of nitrogens with zero attached hydrogens (tertiary/aromatic N) is 2. The number of hydrogen-bond donors (Lipinski definition) is 0. The van der Waals surface area contributed by atoms with E-state index < -0.39 is 23.0 Å². The number of non-ortho nitro benzene ring substituents is 1. The summed E-state index contributed by atoms with van der Waals surface area (Å²) in [5.41, 5.74) is 1.42. The molecule has 0 unspecified atom stereocenters. The SMILES string of the molecule is CCOC(=O)C(Oc1ccc2cc(-c3nc4ccc([N+](=O)[O-])cc4o3)ccc2c1)C(=O)OCC. The van der Waals surface area contributed by atoms with Gasteiger partial charge in [-0.05, 0) is 55.0 Å². The molecular formula is C24H20N2O8. The third-order valence-corrected chi connectivity index (χ3v) is 4.90. The van der Waals surface area contributed by atoms with Gasteiger partial charge in [0.25, 0.3) is 11.8 Å². The molecule has 174 valence electrons. The molecule has 34 heavy (non-hydrogen) atoms. The normalized spacial score (nSPS) is 11.0. The third kappa shape index (κ3) is 4.65. The van der Waals surface area contributed by atoms with Crippen molar-refractivity contribution in [3.05, 3.63) is 64.7 Å². The summed E-state index contributed by atoms with van der Waals surface area (Å²) in [6, 6.07) is 14.7. The van der Waals surface area contributed by atoms with Gasteiger partial charge in [0.2, 0.25) is 5.89 Å². The van der Waals surface area contributed by atoms with Crippen LogP contribution in [0, 0.1) is 10.1 Å². The summed E-state index contributed by atoms with van der Waals surface area (Å²) in [5.74, 6) is -1.04. The van der Waals surface area contributed by atoms with E-state index in [1.54, 1.807) is 44.2 Å². The number of carbonyl (C=O) groups is 2. The number of aromatic nitrogens is 1. The average molecular weight is 464 g/mol. The Hall–Kier alpha value is -4.47. The van der Waals surface area contributed by atoms with Crippen molar-refractivity contribution in [3.8, 4) is 17.2 Å². The molecule has 4 aromatic rings. The Kier molecular flexibility index (Phi) is 6.39. The maximum absolute atomic E-state index is 12.2. The molecule has 0 radical (unpaired) electrons. The van der Waals surface area contributed by atoms with Crippen LogP contribution >= 0.6 is 0 Å². The van der Waals surface area contributed by atoms with Crippen molar-refractivity contribution in [1.29, 1.82) is 0 Å². The first-order valence-corrected chi connectivity index (χ1v) is 10.5. The second kappa shape index (κ2) is 9.57. The van der Waals surface area contributed by atoms with E-state index in [9.17, 15) is 19.7 Å². The molecule has 0 amide bonds. The number of oxazole rings is 1. The highest BCUT2D eigenvalue weighted by atomic mass is 16.6. The summed E-state index contributed by atoms with van der Waals surface area (Å²) in [6.07, 6.45) is -1.53. The van der Waals surface area contributed by atoms with Crippen molar-refractivity contribution in [2.75, 3.05) is 13.2 Å². The van der Waals surface area contributed by atoms with E-state index in [-0.39, 0.29) is 18.9 Å². The quantitative estimate of drug-likeness (QED) is 0.161. The van der Waals surface area contributed by atoms with E-state index >= 15 is 0 Å². The summed E-state index contributed by atoms with van der Waals surface area (Å²) in [4.78, 5) is 39.2. The van der Waals surface area contributed by atoms with Gasteiger partial charge in [0, 0.05) is 11.6 Å². The zero-order valence-corrected chi connectivity index (χ0v) is 18.3. The van der Waals surface area contributed by atoms with E-state index in [0.717, 1.165) is 10.8 Å². The number of carbonyl (C=O) groups excluding carboxylic acids is 2. The van der Waals surface area contributed by atoms with Gasteiger partial charge in [0.15, 0.2) is 5.58 Å². The van der Waals surface area contributed by atoms with Crippen molar-refractivity contribution >= 4 is 39.5 Å². The highest BCUT2D eigenvalue weighted by Crippen LogP contribution is 2.30. The van der Waals surface area contributed by atoms with Crippen LogP contribution in [0.3, 0.4) is 0 Å². The zero-order valence-electron chi connectivity index (χ0n) is 18.3. The molecular weight excluding hydrogens is 444 g/mol. The number of nitro benzene ring substituents is 1. The third-order valence-electron chi connectivity index (χ3n) is 4.90. The number of fused-ring (bicyclic) bond motifs is 2. The fraction of sp³-hybridized carbons (Fsp3) is 0.208. The standard InChI is InChI=1S/C24H20N2O8/c1-3-31-23(27)21(24(28)32-4-2)33-18-9-7-14-11-16(6-5-15(14)12-18)22-25-19-10-8-17(26(29)30)13-20(19)34-22/h5-13,21H,3-4H2,1-2H3. The van der Waals surface area contributed by atoms with Gasteiger partial charge in [0.05, 0.1) is 24.2 Å². The number of benzene rings is 3. The number of ether oxygens (including phenoxy) is 3. The number of rotatable bonds is 8. The van der Waals surface area contributed by atoms with Crippen LogP contribution in [0.1, 0.15) is 13.8 Å². The Balaban J connectivity index is 1.61. The lowest BCUT2D eigenvalue weighted by atomic mass is 10.1. The molecule has 0 aliphatic rings. The smallest absolute Gasteiger partial charge is 0.359 e. The molecule has 0 saturated heterocycles. The molecule has 0 fully saturated rings. The van der Waals surface area contributed by atoms with Gasteiger partial charge in [-0.3, -0.25) is 10.1 Å². The van der Waals surface area contributed by atoms with Gasteiger partial charge in [-0.25, -0.2) is 14.6 Å². The molecule has 0 saturated carbocycles. The van der Waals surface area contributed by atoms with Crippen molar-refractivity contribution in [3.63, 3.8) is 0 Å². The predicted octanol–water partition coefficient (Wildman–Crippen LogP) is 4.43. The van der Waals surface area contributed by atoms with Crippen molar-refractivity contribution in [1.82, 2.24) is 4.98 Å². The van der Waals surface area contributed by atoms with Crippen molar-refractivity contribution in [2.45, 2.75) is 20.0 Å². The number of nitro groups is 1. The second-order valence-corrected chi connectivity index (χ2v) is 7.15. The van der Waals surface area contributed by atoms with E-state index in [4.69, 9.17) is 18.6 Å². The minimum Gasteiger partial charge on any atom is -0.467 e. The largest absolute Gasteiger partial charge is 0.467 e. The van der Waals surface area contributed by atoms with Gasteiger partial charge in [-0.15, -0.1) is 0 Å². The van der Waals surface area contributed by atoms with Crippen LogP contribution in [-0.2, 0) is 19.1 Å². The van der Waals surface area contributed by atoms with E-state index in [1.807, 2.05) is 6.07 Å². The molecule has 3 aromatic carbocycles. The highest BCUT2D eigenvalue weighted by Gasteiger charge is 2.32. The molecule has 4 rings (SSSR count). The topological polar surface area (TPSA) is 131 Å². The second-order valence-electron chi connectivity index (χ2n) is 7.15. The summed E-state index contributed by atoms with van der Waals surface area (Å²) in [7, 11) is 0. The summed E-state index contributed by atoms with van der Waals surface area (Å²) >= 11 is 0. The zero-order chi connectivity index (χ0) is 24.2.